The Hall–Kier alpha value is -1.46. The lowest BCUT2D eigenvalue weighted by Crippen LogP contribution is -2.55. The number of hydrogen-bond acceptors (Lipinski definition) is 4. The summed E-state index contributed by atoms with van der Waals surface area (Å²) < 4.78 is 1.58. The molecule has 3 atom stereocenters. The Bertz CT molecular complexity index is 581. The lowest BCUT2D eigenvalue weighted by Gasteiger charge is -2.33. The van der Waals surface area contributed by atoms with Crippen molar-refractivity contribution in [3.05, 3.63) is 11.4 Å². The lowest BCUT2D eigenvalue weighted by molar-refractivity contribution is -0.135. The lowest BCUT2D eigenvalue weighted by atomic mass is 9.99. The summed E-state index contributed by atoms with van der Waals surface area (Å²) in [6.45, 7) is 13.2. The van der Waals surface area contributed by atoms with Crippen LogP contribution in [0.2, 0.25) is 0 Å². The fourth-order valence-electron chi connectivity index (χ4n) is 3.00. The first-order chi connectivity index (χ1) is 14.1. The number of amides is 3. The van der Waals surface area contributed by atoms with Gasteiger partial charge in [-0.15, -0.1) is 0 Å². The van der Waals surface area contributed by atoms with Gasteiger partial charge in [0, 0.05) is 27.9 Å². The Morgan fingerprint density at radius 1 is 1.20 bits per heavy atom. The third-order valence-electron chi connectivity index (χ3n) is 4.80. The molecule has 174 valence electrons. The Morgan fingerprint density at radius 3 is 2.30 bits per heavy atom. The molecule has 1 saturated heterocycles. The molecular weight excluding hydrogens is 399 g/mol. The summed E-state index contributed by atoms with van der Waals surface area (Å²) in [5.41, 5.74) is 0.587. The zero-order valence-corrected chi connectivity index (χ0v) is 21.2. The van der Waals surface area contributed by atoms with Gasteiger partial charge < -0.3 is 15.3 Å². The number of likely N-dealkylation sites (N-methyl/N-ethyl adjacent to an activating group) is 3. The average Bonchev–Trinajstić information content (AvgIpc) is 2.70. The van der Waals surface area contributed by atoms with Gasteiger partial charge >= 0.3 is 0 Å². The molecule has 0 bridgehead atoms. The first-order valence-corrected chi connectivity index (χ1v) is 12.1. The topological polar surface area (TPSA) is 81.8 Å². The van der Waals surface area contributed by atoms with E-state index in [1.165, 1.54) is 6.42 Å². The Balaban J connectivity index is 0.00000263. The van der Waals surface area contributed by atoms with Gasteiger partial charge in [0.1, 0.15) is 6.04 Å². The number of piperidine rings is 1. The maximum Gasteiger partial charge on any atom is 0.248 e. The van der Waals surface area contributed by atoms with Gasteiger partial charge in [0.05, 0.1) is 6.04 Å². The van der Waals surface area contributed by atoms with Gasteiger partial charge in [0.15, 0.2) is 0 Å². The highest BCUT2D eigenvalue weighted by Gasteiger charge is 2.32. The zero-order chi connectivity index (χ0) is 23.3. The van der Waals surface area contributed by atoms with E-state index < -0.39 is 6.04 Å². The van der Waals surface area contributed by atoms with Crippen molar-refractivity contribution in [1.29, 1.82) is 0 Å². The largest absolute Gasteiger partial charge is 0.353 e. The molecule has 0 radical (unpaired) electrons. The van der Waals surface area contributed by atoms with Gasteiger partial charge in [-0.25, -0.2) is 0 Å². The first-order valence-electron chi connectivity index (χ1n) is 11.1. The van der Waals surface area contributed by atoms with Crippen molar-refractivity contribution >= 4 is 26.5 Å². The van der Waals surface area contributed by atoms with Gasteiger partial charge in [-0.1, -0.05) is 40.5 Å². The number of carbonyl (C=O) groups is 3. The highest BCUT2D eigenvalue weighted by atomic mass is 31.1. The third-order valence-corrected chi connectivity index (χ3v) is 5.97. The smallest absolute Gasteiger partial charge is 0.248 e. The normalized spacial score (nSPS) is 18.6. The van der Waals surface area contributed by atoms with Gasteiger partial charge in [-0.2, -0.15) is 0 Å². The first kappa shape index (κ1) is 28.5. The second-order valence-electron chi connectivity index (χ2n) is 8.14. The number of hydrogen-bond donors (Lipinski definition) is 2. The number of nitrogens with one attached hydrogen (secondary N) is 2. The molecule has 0 spiro atoms. The van der Waals surface area contributed by atoms with Gasteiger partial charge in [0.25, 0.3) is 0 Å². The maximum atomic E-state index is 12.9. The summed E-state index contributed by atoms with van der Waals surface area (Å²) in [7, 11) is 3.71. The van der Waals surface area contributed by atoms with Crippen LogP contribution in [0.15, 0.2) is 11.4 Å². The molecule has 2 N–H and O–H groups in total. The summed E-state index contributed by atoms with van der Waals surface area (Å²) >= 11 is 0. The molecule has 0 aromatic carbocycles. The molecule has 1 fully saturated rings. The minimum atomic E-state index is -0.566. The van der Waals surface area contributed by atoms with E-state index in [2.05, 4.69) is 29.4 Å². The van der Waals surface area contributed by atoms with Crippen LogP contribution in [0, 0.1) is 5.92 Å². The Morgan fingerprint density at radius 2 is 1.80 bits per heavy atom. The van der Waals surface area contributed by atoms with Crippen LogP contribution < -0.4 is 10.6 Å². The van der Waals surface area contributed by atoms with E-state index in [0.29, 0.717) is 12.1 Å². The van der Waals surface area contributed by atoms with E-state index in [0.717, 1.165) is 25.8 Å². The minimum absolute atomic E-state index is 0.0175. The highest BCUT2D eigenvalue weighted by Crippen LogP contribution is 2.23. The molecule has 1 aliphatic heterocycles. The summed E-state index contributed by atoms with van der Waals surface area (Å²) in [4.78, 5) is 39.4. The molecule has 3 amide bonds. The van der Waals surface area contributed by atoms with Crippen LogP contribution in [0.1, 0.15) is 67.2 Å². The summed E-state index contributed by atoms with van der Waals surface area (Å²) in [6.07, 6.45) is 4.22. The van der Waals surface area contributed by atoms with Gasteiger partial charge in [-0.05, 0) is 52.0 Å². The van der Waals surface area contributed by atoms with Crippen molar-refractivity contribution in [1.82, 2.24) is 20.2 Å². The second-order valence-corrected chi connectivity index (χ2v) is 9.36. The van der Waals surface area contributed by atoms with Crippen molar-refractivity contribution in [2.24, 2.45) is 5.92 Å². The van der Waals surface area contributed by atoms with Gasteiger partial charge in [-0.3, -0.25) is 19.3 Å². The average molecular weight is 443 g/mol. The maximum absolute atomic E-state index is 12.9. The van der Waals surface area contributed by atoms with Crippen LogP contribution in [0.5, 0.6) is 0 Å². The fraction of sp³-hybridized carbons (Fsp3) is 0.773. The SMILES string of the molecule is CCC.CCNC(=O)/C(C)=C/PN(C)C(=O)C(NC(=O)C1CCCCN1C)C(C)C. The molecule has 7 nitrogen and oxygen atoms in total. The molecule has 8 heteroatoms. The number of rotatable bonds is 8. The van der Waals surface area contributed by atoms with Crippen molar-refractivity contribution in [3.8, 4) is 0 Å². The molecular formula is C22H43N4O3P. The molecule has 0 aromatic rings. The van der Waals surface area contributed by atoms with E-state index in [1.807, 2.05) is 27.8 Å². The molecule has 30 heavy (non-hydrogen) atoms. The number of carbonyl (C=O) groups excluding carboxylic acids is 3. The van der Waals surface area contributed by atoms with Crippen LogP contribution in [0.25, 0.3) is 0 Å². The minimum Gasteiger partial charge on any atom is -0.353 e. The molecule has 0 saturated carbocycles. The highest BCUT2D eigenvalue weighted by molar-refractivity contribution is 7.40. The number of nitrogens with zero attached hydrogens (tertiary/aromatic N) is 2. The van der Waals surface area contributed by atoms with E-state index >= 15 is 0 Å². The molecule has 3 unspecified atom stereocenters. The van der Waals surface area contributed by atoms with Crippen molar-refractivity contribution < 1.29 is 14.4 Å². The molecule has 1 heterocycles. The quantitative estimate of drug-likeness (QED) is 0.447. The molecule has 1 rings (SSSR count). The standard InChI is InChI=1S/C19H35N4O3P.C3H8/c1-7-20-17(24)14(4)12-27-23(6)19(26)16(13(2)3)21-18(25)15-10-8-9-11-22(15)5;1-3-2/h12-13,15-16,27H,7-11H2,1-6H3,(H,20,24)(H,21,25);3H2,1-2H3/b14-12+;. The van der Waals surface area contributed by atoms with E-state index in [9.17, 15) is 14.4 Å². The predicted molar refractivity (Wildman–Crippen MR) is 127 cm³/mol. The fourth-order valence-corrected chi connectivity index (χ4v) is 3.79. The van der Waals surface area contributed by atoms with Crippen molar-refractivity contribution in [2.75, 3.05) is 27.2 Å². The van der Waals surface area contributed by atoms with Crippen LogP contribution in [0.4, 0.5) is 0 Å². The summed E-state index contributed by atoms with van der Waals surface area (Å²) in [5.74, 6) is 1.41. The molecule has 0 aliphatic carbocycles. The van der Waals surface area contributed by atoms with Crippen LogP contribution >= 0.6 is 8.73 Å². The number of likely N-dealkylation sites (tertiary alicyclic amines) is 1. The molecule has 1 aliphatic rings. The Kier molecular flexibility index (Phi) is 14.6. The van der Waals surface area contributed by atoms with Crippen molar-refractivity contribution in [2.45, 2.75) is 79.3 Å². The van der Waals surface area contributed by atoms with Crippen LogP contribution in [-0.2, 0) is 14.4 Å². The van der Waals surface area contributed by atoms with E-state index in [-0.39, 0.29) is 38.4 Å². The molecule has 0 aromatic heterocycles. The second kappa shape index (κ2) is 15.4. The zero-order valence-electron chi connectivity index (χ0n) is 20.2. The van der Waals surface area contributed by atoms with E-state index in [1.54, 1.807) is 24.5 Å². The monoisotopic (exact) mass is 442 g/mol. The third kappa shape index (κ3) is 10.0. The van der Waals surface area contributed by atoms with Crippen LogP contribution in [0.3, 0.4) is 0 Å². The Labute approximate surface area is 185 Å². The van der Waals surface area contributed by atoms with Gasteiger partial charge in [0.2, 0.25) is 17.7 Å². The van der Waals surface area contributed by atoms with Crippen LogP contribution in [-0.4, -0.2) is 66.6 Å². The van der Waals surface area contributed by atoms with E-state index in [4.69, 9.17) is 0 Å². The summed E-state index contributed by atoms with van der Waals surface area (Å²) in [6, 6.07) is -0.732. The predicted octanol–water partition coefficient (Wildman–Crippen LogP) is 3.12. The van der Waals surface area contributed by atoms with Crippen molar-refractivity contribution in [3.63, 3.8) is 0 Å². The summed E-state index contributed by atoms with van der Waals surface area (Å²) in [5, 5.41) is 5.70.